The van der Waals surface area contributed by atoms with Gasteiger partial charge in [-0.3, -0.25) is 0 Å². The maximum Gasteiger partial charge on any atom is 0.258 e. The van der Waals surface area contributed by atoms with Gasteiger partial charge in [-0.1, -0.05) is 35.0 Å². The highest BCUT2D eigenvalue weighted by Crippen LogP contribution is 2.38. The van der Waals surface area contributed by atoms with Gasteiger partial charge in [0.2, 0.25) is 5.82 Å². The smallest absolute Gasteiger partial charge is 0.258 e. The fraction of sp³-hybridized carbons (Fsp3) is 0.346. The van der Waals surface area contributed by atoms with E-state index in [0.717, 1.165) is 41.8 Å². The molecule has 2 aliphatic heterocycles. The molecule has 182 valence electrons. The summed E-state index contributed by atoms with van der Waals surface area (Å²) in [7, 11) is 1.42. The maximum atomic E-state index is 14.3. The lowest BCUT2D eigenvalue weighted by molar-refractivity contribution is 0.0962. The molecule has 1 fully saturated rings. The predicted octanol–water partition coefficient (Wildman–Crippen LogP) is 5.03. The van der Waals surface area contributed by atoms with Crippen LogP contribution in [0.15, 0.2) is 52.7 Å². The number of ether oxygens (including phenoxy) is 2. The van der Waals surface area contributed by atoms with Crippen LogP contribution in [-0.4, -0.2) is 46.5 Å². The summed E-state index contributed by atoms with van der Waals surface area (Å²) < 4.78 is 30.9. The number of rotatable bonds is 6. The third kappa shape index (κ3) is 4.66. The second-order valence-corrected chi connectivity index (χ2v) is 9.20. The number of nitrogens with one attached hydrogen (secondary N) is 1. The minimum atomic E-state index is -0.489. The van der Waals surface area contributed by atoms with E-state index in [-0.39, 0.29) is 17.9 Å². The van der Waals surface area contributed by atoms with Crippen LogP contribution in [0.4, 0.5) is 4.39 Å². The average Bonchev–Trinajstić information content (AvgIpc) is 3.54. The van der Waals surface area contributed by atoms with Crippen LogP contribution in [0.5, 0.6) is 5.75 Å². The van der Waals surface area contributed by atoms with Crippen LogP contribution < -0.4 is 10.1 Å². The van der Waals surface area contributed by atoms with Gasteiger partial charge in [-0.25, -0.2) is 4.39 Å². The van der Waals surface area contributed by atoms with Crippen molar-refractivity contribution in [1.82, 2.24) is 20.4 Å². The van der Waals surface area contributed by atoms with E-state index in [1.165, 1.54) is 13.2 Å². The van der Waals surface area contributed by atoms with Gasteiger partial charge in [0.15, 0.2) is 16.7 Å². The summed E-state index contributed by atoms with van der Waals surface area (Å²) in [5.41, 5.74) is 4.44. The number of methoxy groups -OCH3 is 1. The first-order chi connectivity index (χ1) is 16.9. The predicted molar refractivity (Wildman–Crippen MR) is 134 cm³/mol. The standard InChI is InChI=1S/C26H27FN4O3S/c1-15-6-8-17(9-7-15)23-22(16(2)31(26(35)28-23)14-19-5-4-12-33-19)25-29-24(30-34-25)18-10-11-21(32-3)20(27)13-18/h6-11,13,19,23H,4-5,12,14H2,1-3H3,(H,28,35). The van der Waals surface area contributed by atoms with Crippen LogP contribution >= 0.6 is 12.2 Å². The Hall–Kier alpha value is -3.30. The van der Waals surface area contributed by atoms with Crippen LogP contribution in [0.3, 0.4) is 0 Å². The molecule has 0 saturated carbocycles. The zero-order chi connectivity index (χ0) is 24.5. The number of aromatic nitrogens is 2. The molecule has 2 atom stereocenters. The van der Waals surface area contributed by atoms with E-state index < -0.39 is 5.82 Å². The minimum Gasteiger partial charge on any atom is -0.494 e. The molecule has 0 aliphatic carbocycles. The van der Waals surface area contributed by atoms with E-state index in [4.69, 9.17) is 26.2 Å². The molecule has 7 nitrogen and oxygen atoms in total. The van der Waals surface area contributed by atoms with Gasteiger partial charge in [-0.05, 0) is 62.7 Å². The summed E-state index contributed by atoms with van der Waals surface area (Å²) in [5.74, 6) is 0.317. The quantitative estimate of drug-likeness (QED) is 0.478. The summed E-state index contributed by atoms with van der Waals surface area (Å²) in [6, 6.07) is 12.6. The molecule has 0 amide bonds. The molecule has 0 radical (unpaired) electrons. The number of hydrogen-bond acceptors (Lipinski definition) is 6. The molecule has 3 heterocycles. The Balaban J connectivity index is 1.56. The van der Waals surface area contributed by atoms with Gasteiger partial charge in [0, 0.05) is 17.9 Å². The largest absolute Gasteiger partial charge is 0.494 e. The SMILES string of the molecule is COc1ccc(-c2noc(C3=C(C)N(CC4CCCO4)C(=S)NC3c3ccc(C)cc3)n2)cc1F. The lowest BCUT2D eigenvalue weighted by atomic mass is 9.94. The molecule has 0 bridgehead atoms. The normalized spacial score (nSPS) is 20.3. The molecule has 3 aromatic rings. The van der Waals surface area contributed by atoms with Gasteiger partial charge in [-0.2, -0.15) is 4.98 Å². The summed E-state index contributed by atoms with van der Waals surface area (Å²) in [4.78, 5) is 6.70. The number of thiocarbonyl (C=S) groups is 1. The zero-order valence-corrected chi connectivity index (χ0v) is 20.7. The highest BCUT2D eigenvalue weighted by Gasteiger charge is 2.35. The van der Waals surface area contributed by atoms with Gasteiger partial charge in [0.05, 0.1) is 31.4 Å². The maximum absolute atomic E-state index is 14.3. The first-order valence-corrected chi connectivity index (χ1v) is 12.0. The van der Waals surface area contributed by atoms with Crippen molar-refractivity contribution in [2.75, 3.05) is 20.3 Å². The second kappa shape index (κ2) is 9.75. The monoisotopic (exact) mass is 494 g/mol. The molecule has 2 aromatic carbocycles. The second-order valence-electron chi connectivity index (χ2n) is 8.81. The zero-order valence-electron chi connectivity index (χ0n) is 19.9. The Morgan fingerprint density at radius 2 is 2.00 bits per heavy atom. The molecule has 35 heavy (non-hydrogen) atoms. The Labute approximate surface area is 208 Å². The number of hydrogen-bond donors (Lipinski definition) is 1. The number of allylic oxidation sites excluding steroid dienone is 1. The lowest BCUT2D eigenvalue weighted by Crippen LogP contribution is -2.48. The number of nitrogens with zero attached hydrogens (tertiary/aromatic N) is 3. The Bertz CT molecular complexity index is 1270. The van der Waals surface area contributed by atoms with Gasteiger partial charge < -0.3 is 24.2 Å². The van der Waals surface area contributed by atoms with Gasteiger partial charge in [-0.15, -0.1) is 0 Å². The summed E-state index contributed by atoms with van der Waals surface area (Å²) in [6.45, 7) is 5.47. The van der Waals surface area contributed by atoms with Crippen LogP contribution in [0.25, 0.3) is 17.0 Å². The Kier molecular flexibility index (Phi) is 6.53. The van der Waals surface area contributed by atoms with Gasteiger partial charge in [0.25, 0.3) is 5.89 Å². The van der Waals surface area contributed by atoms with Crippen LogP contribution in [0, 0.1) is 12.7 Å². The molecule has 1 N–H and O–H groups in total. The first-order valence-electron chi connectivity index (χ1n) is 11.6. The van der Waals surface area contributed by atoms with Crippen LogP contribution in [0.1, 0.15) is 42.8 Å². The van der Waals surface area contributed by atoms with Crippen molar-refractivity contribution in [3.63, 3.8) is 0 Å². The summed E-state index contributed by atoms with van der Waals surface area (Å²) >= 11 is 5.77. The van der Waals surface area contributed by atoms with Crippen molar-refractivity contribution < 1.29 is 18.4 Å². The van der Waals surface area contributed by atoms with Crippen molar-refractivity contribution in [2.24, 2.45) is 0 Å². The van der Waals surface area contributed by atoms with Gasteiger partial charge >= 0.3 is 0 Å². The fourth-order valence-corrected chi connectivity index (χ4v) is 4.86. The molecule has 2 aliphatic rings. The number of benzene rings is 2. The molecular weight excluding hydrogens is 467 g/mol. The third-order valence-corrected chi connectivity index (χ3v) is 6.82. The van der Waals surface area contributed by atoms with E-state index in [1.807, 2.05) is 18.7 Å². The molecule has 1 aromatic heterocycles. The van der Waals surface area contributed by atoms with E-state index in [2.05, 4.69) is 39.7 Å². The molecule has 1 saturated heterocycles. The van der Waals surface area contributed by atoms with E-state index >= 15 is 0 Å². The lowest BCUT2D eigenvalue weighted by Gasteiger charge is -2.38. The topological polar surface area (TPSA) is 72.7 Å². The van der Waals surface area contributed by atoms with Crippen LogP contribution in [0.2, 0.25) is 0 Å². The summed E-state index contributed by atoms with van der Waals surface area (Å²) in [6.07, 6.45) is 2.16. The molecular formula is C26H27FN4O3S. The molecule has 9 heteroatoms. The summed E-state index contributed by atoms with van der Waals surface area (Å²) in [5, 5.41) is 8.25. The Morgan fingerprint density at radius 3 is 2.69 bits per heavy atom. The van der Waals surface area contributed by atoms with E-state index in [1.54, 1.807) is 12.1 Å². The fourth-order valence-electron chi connectivity index (χ4n) is 4.53. The molecule has 5 rings (SSSR count). The Morgan fingerprint density at radius 1 is 1.20 bits per heavy atom. The van der Waals surface area contributed by atoms with Crippen LogP contribution in [-0.2, 0) is 4.74 Å². The van der Waals surface area contributed by atoms with Gasteiger partial charge in [0.1, 0.15) is 0 Å². The van der Waals surface area contributed by atoms with Crippen molar-refractivity contribution in [3.05, 3.63) is 71.0 Å². The van der Waals surface area contributed by atoms with Crippen molar-refractivity contribution in [3.8, 4) is 17.1 Å². The van der Waals surface area contributed by atoms with E-state index in [0.29, 0.717) is 28.9 Å². The third-order valence-electron chi connectivity index (χ3n) is 6.48. The highest BCUT2D eigenvalue weighted by molar-refractivity contribution is 7.80. The van der Waals surface area contributed by atoms with Crippen molar-refractivity contribution in [1.29, 1.82) is 0 Å². The number of aryl methyl sites for hydroxylation is 1. The first kappa shape index (κ1) is 23.4. The number of halogens is 1. The highest BCUT2D eigenvalue weighted by atomic mass is 32.1. The molecule has 0 spiro atoms. The molecule has 2 unspecified atom stereocenters. The van der Waals surface area contributed by atoms with Crippen molar-refractivity contribution >= 4 is 22.9 Å². The average molecular weight is 495 g/mol. The van der Waals surface area contributed by atoms with Crippen molar-refractivity contribution in [2.45, 2.75) is 38.8 Å². The van der Waals surface area contributed by atoms with E-state index in [9.17, 15) is 4.39 Å². The minimum absolute atomic E-state index is 0.113.